The first-order chi connectivity index (χ1) is 8.69. The van der Waals surface area contributed by atoms with E-state index in [0.717, 1.165) is 17.9 Å². The zero-order valence-corrected chi connectivity index (χ0v) is 11.3. The molecule has 0 spiro atoms. The van der Waals surface area contributed by atoms with E-state index in [9.17, 15) is 0 Å². The minimum absolute atomic E-state index is 0.576. The van der Waals surface area contributed by atoms with Crippen molar-refractivity contribution < 1.29 is 4.74 Å². The SMILES string of the molecule is CCC(C)c1cccc(Oc2ccc(C)cc2)c1. The van der Waals surface area contributed by atoms with Crippen LogP contribution in [0.2, 0.25) is 0 Å². The second kappa shape index (κ2) is 5.72. The first-order valence-electron chi connectivity index (χ1n) is 6.53. The summed E-state index contributed by atoms with van der Waals surface area (Å²) < 4.78 is 5.87. The smallest absolute Gasteiger partial charge is 0.127 e. The van der Waals surface area contributed by atoms with Gasteiger partial charge in [-0.3, -0.25) is 0 Å². The lowest BCUT2D eigenvalue weighted by molar-refractivity contribution is 0.481. The van der Waals surface area contributed by atoms with Crippen LogP contribution in [0.4, 0.5) is 0 Å². The van der Waals surface area contributed by atoms with Gasteiger partial charge in [-0.15, -0.1) is 0 Å². The fourth-order valence-electron chi connectivity index (χ4n) is 1.86. The van der Waals surface area contributed by atoms with Gasteiger partial charge in [-0.2, -0.15) is 0 Å². The van der Waals surface area contributed by atoms with E-state index in [4.69, 9.17) is 4.74 Å². The molecule has 18 heavy (non-hydrogen) atoms. The van der Waals surface area contributed by atoms with Crippen LogP contribution >= 0.6 is 0 Å². The summed E-state index contributed by atoms with van der Waals surface area (Å²) in [4.78, 5) is 0. The molecule has 94 valence electrons. The molecule has 2 aromatic carbocycles. The van der Waals surface area contributed by atoms with Gasteiger partial charge >= 0.3 is 0 Å². The maximum absolute atomic E-state index is 5.87. The molecule has 0 aromatic heterocycles. The van der Waals surface area contributed by atoms with Crippen molar-refractivity contribution in [1.82, 2.24) is 0 Å². The molecule has 1 heteroatoms. The molecule has 0 aliphatic rings. The maximum Gasteiger partial charge on any atom is 0.127 e. The summed E-state index contributed by atoms with van der Waals surface area (Å²) in [6, 6.07) is 16.5. The monoisotopic (exact) mass is 240 g/mol. The topological polar surface area (TPSA) is 9.23 Å². The summed E-state index contributed by atoms with van der Waals surface area (Å²) >= 11 is 0. The van der Waals surface area contributed by atoms with Gasteiger partial charge in [0.15, 0.2) is 0 Å². The van der Waals surface area contributed by atoms with Crippen LogP contribution in [0, 0.1) is 6.92 Å². The number of aryl methyl sites for hydroxylation is 1. The molecule has 0 aliphatic carbocycles. The Labute approximate surface area is 109 Å². The van der Waals surface area contributed by atoms with E-state index in [1.54, 1.807) is 0 Å². The summed E-state index contributed by atoms with van der Waals surface area (Å²) in [7, 11) is 0. The zero-order valence-electron chi connectivity index (χ0n) is 11.3. The van der Waals surface area contributed by atoms with Crippen molar-refractivity contribution in [2.24, 2.45) is 0 Å². The molecule has 0 bridgehead atoms. The van der Waals surface area contributed by atoms with Gasteiger partial charge in [0.1, 0.15) is 11.5 Å². The molecule has 1 atom stereocenters. The average molecular weight is 240 g/mol. The van der Waals surface area contributed by atoms with Gasteiger partial charge in [-0.25, -0.2) is 0 Å². The van der Waals surface area contributed by atoms with E-state index >= 15 is 0 Å². The van der Waals surface area contributed by atoms with Crippen molar-refractivity contribution in [3.63, 3.8) is 0 Å². The van der Waals surface area contributed by atoms with Crippen LogP contribution in [0.15, 0.2) is 48.5 Å². The van der Waals surface area contributed by atoms with Crippen molar-refractivity contribution in [3.8, 4) is 11.5 Å². The number of benzene rings is 2. The third-order valence-corrected chi connectivity index (χ3v) is 3.30. The molecular weight excluding hydrogens is 220 g/mol. The zero-order chi connectivity index (χ0) is 13.0. The molecule has 0 saturated carbocycles. The molecule has 0 fully saturated rings. The first kappa shape index (κ1) is 12.7. The third-order valence-electron chi connectivity index (χ3n) is 3.30. The van der Waals surface area contributed by atoms with Crippen LogP contribution in [0.3, 0.4) is 0 Å². The summed E-state index contributed by atoms with van der Waals surface area (Å²) in [5, 5.41) is 0. The first-order valence-corrected chi connectivity index (χ1v) is 6.53. The molecule has 2 aromatic rings. The Balaban J connectivity index is 2.16. The molecule has 0 radical (unpaired) electrons. The minimum atomic E-state index is 0.576. The normalized spacial score (nSPS) is 12.2. The van der Waals surface area contributed by atoms with Crippen LogP contribution in [0.5, 0.6) is 11.5 Å². The molecular formula is C17H20O. The Morgan fingerprint density at radius 2 is 1.72 bits per heavy atom. The molecule has 1 nitrogen and oxygen atoms in total. The van der Waals surface area contributed by atoms with Gasteiger partial charge in [0.05, 0.1) is 0 Å². The predicted octanol–water partition coefficient (Wildman–Crippen LogP) is 5.30. The fourth-order valence-corrected chi connectivity index (χ4v) is 1.86. The van der Waals surface area contributed by atoms with E-state index in [-0.39, 0.29) is 0 Å². The standard InChI is InChI=1S/C17H20O/c1-4-14(3)15-6-5-7-17(12-15)18-16-10-8-13(2)9-11-16/h5-12,14H,4H2,1-3H3. The molecule has 0 saturated heterocycles. The quantitative estimate of drug-likeness (QED) is 0.704. The fraction of sp³-hybridized carbons (Fsp3) is 0.294. The Kier molecular flexibility index (Phi) is 4.03. The van der Waals surface area contributed by atoms with Crippen LogP contribution in [-0.4, -0.2) is 0 Å². The van der Waals surface area contributed by atoms with Crippen molar-refractivity contribution in [2.75, 3.05) is 0 Å². The number of hydrogen-bond donors (Lipinski definition) is 0. The Morgan fingerprint density at radius 3 is 2.39 bits per heavy atom. The summed E-state index contributed by atoms with van der Waals surface area (Å²) in [5.74, 6) is 2.38. The van der Waals surface area contributed by atoms with Gasteiger partial charge < -0.3 is 4.74 Å². The molecule has 0 N–H and O–H groups in total. The Morgan fingerprint density at radius 1 is 1.00 bits per heavy atom. The van der Waals surface area contributed by atoms with Crippen LogP contribution in [-0.2, 0) is 0 Å². The van der Waals surface area contributed by atoms with E-state index < -0.39 is 0 Å². The average Bonchev–Trinajstić information content (AvgIpc) is 2.41. The lowest BCUT2D eigenvalue weighted by atomic mass is 9.99. The summed E-state index contributed by atoms with van der Waals surface area (Å²) in [6.07, 6.45) is 1.15. The third kappa shape index (κ3) is 3.13. The molecule has 1 unspecified atom stereocenters. The summed E-state index contributed by atoms with van der Waals surface area (Å²) in [5.41, 5.74) is 2.58. The minimum Gasteiger partial charge on any atom is -0.457 e. The van der Waals surface area contributed by atoms with Crippen molar-refractivity contribution in [3.05, 3.63) is 59.7 Å². The van der Waals surface area contributed by atoms with Gasteiger partial charge in [0, 0.05) is 0 Å². The van der Waals surface area contributed by atoms with Gasteiger partial charge in [0.2, 0.25) is 0 Å². The van der Waals surface area contributed by atoms with Crippen LogP contribution < -0.4 is 4.74 Å². The van der Waals surface area contributed by atoms with E-state index in [1.165, 1.54) is 11.1 Å². The van der Waals surface area contributed by atoms with Gasteiger partial charge in [0.25, 0.3) is 0 Å². The summed E-state index contributed by atoms with van der Waals surface area (Å²) in [6.45, 7) is 6.52. The van der Waals surface area contributed by atoms with Crippen molar-refractivity contribution in [1.29, 1.82) is 0 Å². The lowest BCUT2D eigenvalue weighted by Gasteiger charge is -2.11. The van der Waals surface area contributed by atoms with E-state index in [0.29, 0.717) is 5.92 Å². The van der Waals surface area contributed by atoms with Crippen LogP contribution in [0.25, 0.3) is 0 Å². The van der Waals surface area contributed by atoms with E-state index in [2.05, 4.69) is 51.1 Å². The van der Waals surface area contributed by atoms with Gasteiger partial charge in [-0.1, -0.05) is 43.7 Å². The van der Waals surface area contributed by atoms with E-state index in [1.807, 2.05) is 18.2 Å². The maximum atomic E-state index is 5.87. The second-order valence-electron chi connectivity index (χ2n) is 4.80. The number of rotatable bonds is 4. The van der Waals surface area contributed by atoms with Gasteiger partial charge in [-0.05, 0) is 49.1 Å². The highest BCUT2D eigenvalue weighted by atomic mass is 16.5. The molecule has 0 aliphatic heterocycles. The second-order valence-corrected chi connectivity index (χ2v) is 4.80. The highest BCUT2D eigenvalue weighted by Crippen LogP contribution is 2.26. The highest BCUT2D eigenvalue weighted by molar-refractivity contribution is 5.36. The molecule has 0 amide bonds. The number of ether oxygens (including phenoxy) is 1. The predicted molar refractivity (Wildman–Crippen MR) is 76.4 cm³/mol. The molecule has 0 heterocycles. The number of hydrogen-bond acceptors (Lipinski definition) is 1. The Hall–Kier alpha value is -1.76. The largest absolute Gasteiger partial charge is 0.457 e. The van der Waals surface area contributed by atoms with Crippen molar-refractivity contribution in [2.45, 2.75) is 33.1 Å². The Bertz CT molecular complexity index is 499. The van der Waals surface area contributed by atoms with Crippen molar-refractivity contribution >= 4 is 0 Å². The molecule has 2 rings (SSSR count). The lowest BCUT2D eigenvalue weighted by Crippen LogP contribution is -1.92. The van der Waals surface area contributed by atoms with Crippen LogP contribution in [0.1, 0.15) is 37.3 Å². The highest BCUT2D eigenvalue weighted by Gasteiger charge is 2.04.